The lowest BCUT2D eigenvalue weighted by atomic mass is 10.1. The molecule has 0 aliphatic heterocycles. The van der Waals surface area contributed by atoms with E-state index in [1.807, 2.05) is 32.2 Å². The van der Waals surface area contributed by atoms with Crippen molar-refractivity contribution in [2.24, 2.45) is 7.05 Å². The van der Waals surface area contributed by atoms with E-state index in [-0.39, 0.29) is 0 Å². The molecule has 2 aromatic rings. The molecule has 0 N–H and O–H groups in total. The lowest BCUT2D eigenvalue weighted by Crippen LogP contribution is -1.97. The highest BCUT2D eigenvalue weighted by molar-refractivity contribution is 5.72. The van der Waals surface area contributed by atoms with Gasteiger partial charge >= 0.3 is 0 Å². The first-order valence-electron chi connectivity index (χ1n) is 4.76. The minimum Gasteiger partial charge on any atom is -0.325 e. The first-order valence-corrected chi connectivity index (χ1v) is 4.76. The lowest BCUT2D eigenvalue weighted by Gasteiger charge is -2.03. The Morgan fingerprint density at radius 3 is 2.80 bits per heavy atom. The molecule has 15 heavy (non-hydrogen) atoms. The van der Waals surface area contributed by atoms with Crippen molar-refractivity contribution < 1.29 is 4.79 Å². The van der Waals surface area contributed by atoms with Gasteiger partial charge in [0.2, 0.25) is 0 Å². The van der Waals surface area contributed by atoms with Gasteiger partial charge in [0.05, 0.1) is 11.9 Å². The predicted octanol–water partition coefficient (Wildman–Crippen LogP) is 2.21. The molecule has 0 bridgehead atoms. The third kappa shape index (κ3) is 1.68. The van der Waals surface area contributed by atoms with Gasteiger partial charge in [-0.1, -0.05) is 23.8 Å². The van der Waals surface area contributed by atoms with Crippen molar-refractivity contribution in [1.82, 2.24) is 9.55 Å². The van der Waals surface area contributed by atoms with Crippen LogP contribution in [0.1, 0.15) is 16.2 Å². The highest BCUT2D eigenvalue weighted by atomic mass is 16.1. The van der Waals surface area contributed by atoms with Gasteiger partial charge in [0.1, 0.15) is 0 Å². The fourth-order valence-corrected chi connectivity index (χ4v) is 1.61. The van der Waals surface area contributed by atoms with Crippen LogP contribution in [0.2, 0.25) is 0 Å². The molecule has 0 saturated heterocycles. The number of rotatable bonds is 2. The average Bonchev–Trinajstić information content (AvgIpc) is 2.59. The third-order valence-corrected chi connectivity index (χ3v) is 2.44. The second-order valence-electron chi connectivity index (χ2n) is 3.55. The molecule has 0 aliphatic rings. The van der Waals surface area contributed by atoms with Crippen LogP contribution in [0.4, 0.5) is 0 Å². The molecule has 1 aromatic carbocycles. The largest absolute Gasteiger partial charge is 0.325 e. The van der Waals surface area contributed by atoms with Crippen LogP contribution < -0.4 is 0 Å². The quantitative estimate of drug-likeness (QED) is 0.696. The zero-order valence-electron chi connectivity index (χ0n) is 8.77. The zero-order chi connectivity index (χ0) is 10.8. The van der Waals surface area contributed by atoms with Gasteiger partial charge in [0.25, 0.3) is 0 Å². The molecule has 1 heterocycles. The maximum absolute atomic E-state index is 10.7. The van der Waals surface area contributed by atoms with Crippen LogP contribution in [0.15, 0.2) is 30.5 Å². The van der Waals surface area contributed by atoms with E-state index in [0.717, 1.165) is 17.5 Å². The molecule has 0 fully saturated rings. The van der Waals surface area contributed by atoms with Crippen LogP contribution in [-0.4, -0.2) is 15.8 Å². The Morgan fingerprint density at radius 1 is 1.40 bits per heavy atom. The summed E-state index contributed by atoms with van der Waals surface area (Å²) >= 11 is 0. The zero-order valence-corrected chi connectivity index (χ0v) is 8.77. The molecular formula is C12H12N2O. The highest BCUT2D eigenvalue weighted by Gasteiger charge is 2.06. The van der Waals surface area contributed by atoms with Crippen LogP contribution >= 0.6 is 0 Å². The van der Waals surface area contributed by atoms with Gasteiger partial charge in [0, 0.05) is 12.6 Å². The number of aldehydes is 1. The Labute approximate surface area is 88.4 Å². The molecule has 76 valence electrons. The summed E-state index contributed by atoms with van der Waals surface area (Å²) in [5, 5.41) is 0. The van der Waals surface area contributed by atoms with Gasteiger partial charge in [-0.2, -0.15) is 0 Å². The van der Waals surface area contributed by atoms with Gasteiger partial charge in [-0.3, -0.25) is 4.79 Å². The number of benzene rings is 1. The second kappa shape index (κ2) is 3.69. The molecule has 0 radical (unpaired) electrons. The van der Waals surface area contributed by atoms with Gasteiger partial charge < -0.3 is 4.57 Å². The topological polar surface area (TPSA) is 34.9 Å². The number of aryl methyl sites for hydroxylation is 1. The maximum Gasteiger partial charge on any atom is 0.185 e. The number of hydrogen-bond donors (Lipinski definition) is 0. The van der Waals surface area contributed by atoms with E-state index in [0.29, 0.717) is 5.82 Å². The van der Waals surface area contributed by atoms with Gasteiger partial charge in [-0.05, 0) is 13.0 Å². The van der Waals surface area contributed by atoms with Gasteiger partial charge in [-0.15, -0.1) is 0 Å². The minimum absolute atomic E-state index is 0.450. The molecule has 0 saturated carbocycles. The molecule has 0 unspecified atom stereocenters. The van der Waals surface area contributed by atoms with E-state index in [1.165, 1.54) is 5.56 Å². The number of carbonyl (C=O) groups is 1. The summed E-state index contributed by atoms with van der Waals surface area (Å²) in [5.74, 6) is 0.450. The molecule has 0 amide bonds. The van der Waals surface area contributed by atoms with Gasteiger partial charge in [0.15, 0.2) is 12.1 Å². The minimum atomic E-state index is 0.450. The van der Waals surface area contributed by atoms with E-state index in [4.69, 9.17) is 0 Å². The van der Waals surface area contributed by atoms with Crippen molar-refractivity contribution in [3.05, 3.63) is 41.9 Å². The van der Waals surface area contributed by atoms with E-state index < -0.39 is 0 Å². The molecule has 2 rings (SSSR count). The summed E-state index contributed by atoms with van der Waals surface area (Å²) < 4.78 is 1.79. The summed E-state index contributed by atoms with van der Waals surface area (Å²) in [6.07, 6.45) is 2.48. The molecule has 3 heteroatoms. The number of nitrogens with zero attached hydrogens (tertiary/aromatic N) is 2. The van der Waals surface area contributed by atoms with Crippen molar-refractivity contribution in [3.8, 4) is 11.3 Å². The normalized spacial score (nSPS) is 10.3. The number of hydrogen-bond acceptors (Lipinski definition) is 2. The smallest absolute Gasteiger partial charge is 0.185 e. The van der Waals surface area contributed by atoms with Crippen LogP contribution in [0.3, 0.4) is 0 Å². The summed E-state index contributed by atoms with van der Waals surface area (Å²) in [6, 6.07) is 8.13. The Bertz CT molecular complexity index is 500. The van der Waals surface area contributed by atoms with E-state index >= 15 is 0 Å². The van der Waals surface area contributed by atoms with Crippen LogP contribution in [0.5, 0.6) is 0 Å². The maximum atomic E-state index is 10.7. The van der Waals surface area contributed by atoms with Crippen molar-refractivity contribution >= 4 is 6.29 Å². The summed E-state index contributed by atoms with van der Waals surface area (Å²) in [7, 11) is 1.84. The summed E-state index contributed by atoms with van der Waals surface area (Å²) in [4.78, 5) is 14.7. The van der Waals surface area contributed by atoms with Crippen molar-refractivity contribution in [1.29, 1.82) is 0 Å². The molecule has 0 spiro atoms. The molecule has 0 atom stereocenters. The Kier molecular flexibility index (Phi) is 2.37. The average molecular weight is 200 g/mol. The number of aromatic nitrogens is 2. The molecule has 1 aromatic heterocycles. The van der Waals surface area contributed by atoms with Crippen LogP contribution in [0.25, 0.3) is 11.3 Å². The van der Waals surface area contributed by atoms with E-state index in [9.17, 15) is 4.79 Å². The summed E-state index contributed by atoms with van der Waals surface area (Å²) in [6.45, 7) is 2.04. The monoisotopic (exact) mass is 200 g/mol. The number of imidazole rings is 1. The Balaban J connectivity index is 2.54. The van der Waals surface area contributed by atoms with Crippen molar-refractivity contribution in [3.63, 3.8) is 0 Å². The lowest BCUT2D eigenvalue weighted by molar-refractivity contribution is 0.111. The predicted molar refractivity (Wildman–Crippen MR) is 58.8 cm³/mol. The molecular weight excluding hydrogens is 188 g/mol. The SMILES string of the molecule is Cc1cccc(-c2cnc(C=O)n2C)c1. The first-order chi connectivity index (χ1) is 7.22. The number of carbonyl (C=O) groups excluding carboxylic acids is 1. The Hall–Kier alpha value is -1.90. The molecule has 3 nitrogen and oxygen atoms in total. The fourth-order valence-electron chi connectivity index (χ4n) is 1.61. The van der Waals surface area contributed by atoms with Crippen molar-refractivity contribution in [2.75, 3.05) is 0 Å². The van der Waals surface area contributed by atoms with Crippen LogP contribution in [0, 0.1) is 6.92 Å². The van der Waals surface area contributed by atoms with Crippen LogP contribution in [-0.2, 0) is 7.05 Å². The molecule has 0 aliphatic carbocycles. The first kappa shape index (κ1) is 9.65. The van der Waals surface area contributed by atoms with Gasteiger partial charge in [-0.25, -0.2) is 4.98 Å². The fraction of sp³-hybridized carbons (Fsp3) is 0.167. The third-order valence-electron chi connectivity index (χ3n) is 2.44. The highest BCUT2D eigenvalue weighted by Crippen LogP contribution is 2.20. The summed E-state index contributed by atoms with van der Waals surface area (Å²) in [5.41, 5.74) is 3.24. The second-order valence-corrected chi connectivity index (χ2v) is 3.55. The Morgan fingerprint density at radius 2 is 2.20 bits per heavy atom. The van der Waals surface area contributed by atoms with E-state index in [2.05, 4.69) is 11.1 Å². The standard InChI is InChI=1S/C12H12N2O/c1-9-4-3-5-10(6-9)11-7-13-12(8-15)14(11)2/h3-8H,1-2H3. The van der Waals surface area contributed by atoms with E-state index in [1.54, 1.807) is 10.8 Å². The van der Waals surface area contributed by atoms with Crippen molar-refractivity contribution in [2.45, 2.75) is 6.92 Å².